The van der Waals surface area contributed by atoms with Gasteiger partial charge in [-0.15, -0.1) is 0 Å². The van der Waals surface area contributed by atoms with Crippen LogP contribution in [0, 0.1) is 0 Å². The van der Waals surface area contributed by atoms with E-state index in [4.69, 9.17) is 4.42 Å². The van der Waals surface area contributed by atoms with E-state index in [1.54, 1.807) is 0 Å². The molecule has 0 radical (unpaired) electrons. The number of fused-ring (bicyclic) bond motifs is 8. The highest BCUT2D eigenvalue weighted by molar-refractivity contribution is 6.19. The topological polar surface area (TPSA) is 24.6 Å². The van der Waals surface area contributed by atoms with Gasteiger partial charge in [0.15, 0.2) is 0 Å². The summed E-state index contributed by atoms with van der Waals surface area (Å²) in [6.07, 6.45) is 0. The van der Waals surface area contributed by atoms with Crippen LogP contribution in [0.3, 0.4) is 0 Å². The monoisotopic (exact) mass is 715 g/mol. The van der Waals surface area contributed by atoms with Crippen molar-refractivity contribution in [3.05, 3.63) is 200 Å². The van der Waals surface area contributed by atoms with Gasteiger partial charge in [0.05, 0.1) is 28.1 Å². The number of hydrogen-bond acceptors (Lipinski definition) is 3. The molecule has 0 bridgehead atoms. The number of aromatic nitrogens is 1. The van der Waals surface area contributed by atoms with Gasteiger partial charge in [-0.25, -0.2) is 0 Å². The molecule has 4 heteroatoms. The molecule has 9 aromatic carbocycles. The molecule has 0 N–H and O–H groups in total. The van der Waals surface area contributed by atoms with E-state index in [-0.39, 0.29) is 0 Å². The van der Waals surface area contributed by atoms with Gasteiger partial charge >= 0.3 is 0 Å². The number of anilines is 6. The Morgan fingerprint density at radius 3 is 1.86 bits per heavy atom. The molecule has 0 saturated carbocycles. The molecular formula is C52H33N3O. The highest BCUT2D eigenvalue weighted by Crippen LogP contribution is 2.54. The summed E-state index contributed by atoms with van der Waals surface area (Å²) < 4.78 is 8.71. The molecule has 1 aliphatic rings. The molecule has 0 amide bonds. The molecule has 262 valence electrons. The van der Waals surface area contributed by atoms with Crippen LogP contribution in [0.2, 0.25) is 0 Å². The van der Waals surface area contributed by atoms with Crippen LogP contribution in [0.25, 0.3) is 71.3 Å². The molecule has 1 aliphatic heterocycles. The molecule has 3 heterocycles. The number of rotatable bonds is 5. The van der Waals surface area contributed by atoms with Crippen LogP contribution in [0.4, 0.5) is 34.1 Å². The van der Waals surface area contributed by atoms with Crippen molar-refractivity contribution in [3.8, 4) is 16.8 Å². The minimum absolute atomic E-state index is 0.878. The molecule has 11 aromatic rings. The first-order valence-corrected chi connectivity index (χ1v) is 19.1. The zero-order valence-corrected chi connectivity index (χ0v) is 30.3. The van der Waals surface area contributed by atoms with E-state index in [1.165, 1.54) is 55.1 Å². The fourth-order valence-electron chi connectivity index (χ4n) is 9.09. The summed E-state index contributed by atoms with van der Waals surface area (Å²) in [5.41, 5.74) is 14.5. The predicted molar refractivity (Wildman–Crippen MR) is 234 cm³/mol. The standard InChI is InChI=1S/C52H33N3O/c1-3-14-34(15-4-1)54-46-23-11-8-19-39(46)43-32-36(26-29-48(43)54)53(37-27-31-51-44(33-37)40-20-9-12-25-50(40)56-51)47-30-28-41-38-18-7-10-22-45(38)55(35-16-5-2-6-17-35)49-24-13-21-42(47)52(41)49/h1-33H. The summed E-state index contributed by atoms with van der Waals surface area (Å²) in [5, 5.41) is 7.04. The highest BCUT2D eigenvalue weighted by atomic mass is 16.3. The molecular weight excluding hydrogens is 683 g/mol. The van der Waals surface area contributed by atoms with Gasteiger partial charge in [-0.3, -0.25) is 0 Å². The van der Waals surface area contributed by atoms with E-state index in [0.717, 1.165) is 50.4 Å². The molecule has 0 saturated heterocycles. The molecule has 12 rings (SSSR count). The third-order valence-corrected chi connectivity index (χ3v) is 11.5. The Morgan fingerprint density at radius 1 is 0.375 bits per heavy atom. The van der Waals surface area contributed by atoms with E-state index >= 15 is 0 Å². The maximum absolute atomic E-state index is 6.33. The predicted octanol–water partition coefficient (Wildman–Crippen LogP) is 14.8. The number of nitrogens with zero attached hydrogens (tertiary/aromatic N) is 3. The van der Waals surface area contributed by atoms with Crippen LogP contribution < -0.4 is 9.80 Å². The zero-order valence-electron chi connectivity index (χ0n) is 30.3. The smallest absolute Gasteiger partial charge is 0.135 e. The first-order valence-electron chi connectivity index (χ1n) is 19.1. The van der Waals surface area contributed by atoms with Gasteiger partial charge in [0.2, 0.25) is 0 Å². The average molecular weight is 716 g/mol. The Morgan fingerprint density at radius 2 is 1.00 bits per heavy atom. The van der Waals surface area contributed by atoms with Crippen molar-refractivity contribution < 1.29 is 4.42 Å². The highest BCUT2D eigenvalue weighted by Gasteiger charge is 2.28. The Bertz CT molecular complexity index is 3320. The largest absolute Gasteiger partial charge is 0.456 e. The van der Waals surface area contributed by atoms with E-state index in [1.807, 2.05) is 12.1 Å². The lowest BCUT2D eigenvalue weighted by atomic mass is 9.89. The van der Waals surface area contributed by atoms with Crippen LogP contribution in [-0.4, -0.2) is 4.57 Å². The van der Waals surface area contributed by atoms with Crippen LogP contribution in [0.1, 0.15) is 0 Å². The molecule has 0 aliphatic carbocycles. The molecule has 56 heavy (non-hydrogen) atoms. The Kier molecular flexibility index (Phi) is 6.60. The maximum Gasteiger partial charge on any atom is 0.135 e. The Balaban J connectivity index is 1.15. The molecule has 0 unspecified atom stereocenters. The lowest BCUT2D eigenvalue weighted by Crippen LogP contribution is -2.16. The van der Waals surface area contributed by atoms with Gasteiger partial charge in [0.1, 0.15) is 11.2 Å². The molecule has 4 nitrogen and oxygen atoms in total. The Hall–Kier alpha value is -7.56. The van der Waals surface area contributed by atoms with Crippen LogP contribution in [-0.2, 0) is 0 Å². The number of furan rings is 1. The third-order valence-electron chi connectivity index (χ3n) is 11.5. The van der Waals surface area contributed by atoms with Crippen LogP contribution >= 0.6 is 0 Å². The third kappa shape index (κ3) is 4.47. The lowest BCUT2D eigenvalue weighted by Gasteiger charge is -2.35. The maximum atomic E-state index is 6.33. The fraction of sp³-hybridized carbons (Fsp3) is 0. The first-order chi connectivity index (χ1) is 27.8. The van der Waals surface area contributed by atoms with Crippen molar-refractivity contribution in [1.29, 1.82) is 0 Å². The quantitative estimate of drug-likeness (QED) is 0.177. The Labute approximate surface area is 323 Å². The number of benzene rings is 9. The molecule has 0 atom stereocenters. The normalized spacial score (nSPS) is 12.2. The minimum atomic E-state index is 0.878. The first kappa shape index (κ1) is 30.9. The van der Waals surface area contributed by atoms with E-state index < -0.39 is 0 Å². The second-order valence-corrected chi connectivity index (χ2v) is 14.5. The summed E-state index contributed by atoms with van der Waals surface area (Å²) in [4.78, 5) is 4.85. The minimum Gasteiger partial charge on any atom is -0.456 e. The number of para-hydroxylation sites is 5. The van der Waals surface area contributed by atoms with Gasteiger partial charge in [0, 0.05) is 60.6 Å². The van der Waals surface area contributed by atoms with E-state index in [0.29, 0.717) is 0 Å². The summed E-state index contributed by atoms with van der Waals surface area (Å²) in [6, 6.07) is 72.1. The van der Waals surface area contributed by atoms with Gasteiger partial charge in [-0.1, -0.05) is 109 Å². The zero-order chi connectivity index (χ0) is 36.7. The van der Waals surface area contributed by atoms with Crippen molar-refractivity contribution in [2.45, 2.75) is 0 Å². The number of hydrogen-bond donors (Lipinski definition) is 0. The molecule has 0 fully saturated rings. The second-order valence-electron chi connectivity index (χ2n) is 14.5. The molecule has 2 aromatic heterocycles. The summed E-state index contributed by atoms with van der Waals surface area (Å²) in [5.74, 6) is 0. The summed E-state index contributed by atoms with van der Waals surface area (Å²) in [6.45, 7) is 0. The van der Waals surface area contributed by atoms with Crippen LogP contribution in [0.15, 0.2) is 205 Å². The van der Waals surface area contributed by atoms with Crippen LogP contribution in [0.5, 0.6) is 0 Å². The van der Waals surface area contributed by atoms with Gasteiger partial charge in [0.25, 0.3) is 0 Å². The van der Waals surface area contributed by atoms with Crippen molar-refractivity contribution in [3.63, 3.8) is 0 Å². The van der Waals surface area contributed by atoms with Crippen molar-refractivity contribution in [2.75, 3.05) is 9.80 Å². The van der Waals surface area contributed by atoms with Gasteiger partial charge in [-0.2, -0.15) is 0 Å². The SMILES string of the molecule is c1ccc(N2c3ccccc3-c3ccc(N(c4ccc5oc6ccccc6c5c4)c4ccc5c(c4)c4ccccc4n5-c4ccccc4)c4cccc2c34)cc1. The van der Waals surface area contributed by atoms with E-state index in [2.05, 4.69) is 202 Å². The second kappa shape index (κ2) is 12.0. The lowest BCUT2D eigenvalue weighted by molar-refractivity contribution is 0.669. The van der Waals surface area contributed by atoms with Gasteiger partial charge in [-0.05, 0) is 96.6 Å². The van der Waals surface area contributed by atoms with Crippen molar-refractivity contribution >= 4 is 88.6 Å². The van der Waals surface area contributed by atoms with Crippen molar-refractivity contribution in [2.24, 2.45) is 0 Å². The van der Waals surface area contributed by atoms with Crippen molar-refractivity contribution in [1.82, 2.24) is 4.57 Å². The summed E-state index contributed by atoms with van der Waals surface area (Å²) in [7, 11) is 0. The fourth-order valence-corrected chi connectivity index (χ4v) is 9.09. The average Bonchev–Trinajstić information content (AvgIpc) is 3.80. The summed E-state index contributed by atoms with van der Waals surface area (Å²) >= 11 is 0. The van der Waals surface area contributed by atoms with E-state index in [9.17, 15) is 0 Å². The van der Waals surface area contributed by atoms with Gasteiger partial charge < -0.3 is 18.8 Å². The molecule has 0 spiro atoms.